The third kappa shape index (κ3) is 3.57. The summed E-state index contributed by atoms with van der Waals surface area (Å²) in [4.78, 5) is 37.7. The second kappa shape index (κ2) is 6.89. The third-order valence-electron chi connectivity index (χ3n) is 4.50. The topological polar surface area (TPSA) is 79.6 Å². The van der Waals surface area contributed by atoms with Gasteiger partial charge in [0.2, 0.25) is 11.8 Å². The lowest BCUT2D eigenvalue weighted by Gasteiger charge is -2.17. The SMILES string of the molecule is O=C(Nc1ccc2oc(=O)ccc2c1)[C@H]1CC(=O)N(c2cccc(Cl)c2)C1. The van der Waals surface area contributed by atoms with Gasteiger partial charge in [-0.25, -0.2) is 4.79 Å². The first-order valence-electron chi connectivity index (χ1n) is 8.40. The molecule has 2 heterocycles. The summed E-state index contributed by atoms with van der Waals surface area (Å²) < 4.78 is 5.08. The molecular weight excluding hydrogens is 368 g/mol. The van der Waals surface area contributed by atoms with E-state index in [0.717, 1.165) is 0 Å². The van der Waals surface area contributed by atoms with E-state index >= 15 is 0 Å². The first-order valence-corrected chi connectivity index (χ1v) is 8.78. The highest BCUT2D eigenvalue weighted by Crippen LogP contribution is 2.28. The van der Waals surface area contributed by atoms with Crippen LogP contribution in [0.5, 0.6) is 0 Å². The van der Waals surface area contributed by atoms with E-state index in [9.17, 15) is 14.4 Å². The zero-order valence-electron chi connectivity index (χ0n) is 14.1. The van der Waals surface area contributed by atoms with Crippen molar-refractivity contribution >= 4 is 45.8 Å². The molecule has 1 N–H and O–H groups in total. The van der Waals surface area contributed by atoms with Gasteiger partial charge in [-0.05, 0) is 42.5 Å². The summed E-state index contributed by atoms with van der Waals surface area (Å²) >= 11 is 5.99. The number of carbonyl (C=O) groups excluding carboxylic acids is 2. The van der Waals surface area contributed by atoms with Crippen LogP contribution in [0.4, 0.5) is 11.4 Å². The van der Waals surface area contributed by atoms with Crippen molar-refractivity contribution in [3.63, 3.8) is 0 Å². The predicted molar refractivity (Wildman–Crippen MR) is 103 cm³/mol. The Morgan fingerprint density at radius 2 is 1.96 bits per heavy atom. The molecule has 1 atom stereocenters. The molecule has 136 valence electrons. The Bertz CT molecular complexity index is 1110. The zero-order valence-corrected chi connectivity index (χ0v) is 14.9. The van der Waals surface area contributed by atoms with Gasteiger partial charge in [0.25, 0.3) is 0 Å². The minimum Gasteiger partial charge on any atom is -0.423 e. The third-order valence-corrected chi connectivity index (χ3v) is 4.74. The van der Waals surface area contributed by atoms with Crippen LogP contribution in [0.15, 0.2) is 63.8 Å². The second-order valence-corrected chi connectivity index (χ2v) is 6.82. The normalized spacial score (nSPS) is 16.7. The molecule has 0 unspecified atom stereocenters. The van der Waals surface area contributed by atoms with Crippen molar-refractivity contribution in [1.82, 2.24) is 0 Å². The average Bonchev–Trinajstić information content (AvgIpc) is 3.04. The molecule has 1 saturated heterocycles. The van der Waals surface area contributed by atoms with Crippen molar-refractivity contribution in [3.05, 3.63) is 70.0 Å². The van der Waals surface area contributed by atoms with Gasteiger partial charge >= 0.3 is 5.63 Å². The number of hydrogen-bond acceptors (Lipinski definition) is 4. The van der Waals surface area contributed by atoms with E-state index in [0.29, 0.717) is 33.9 Å². The van der Waals surface area contributed by atoms with Crippen LogP contribution in [0.25, 0.3) is 11.0 Å². The molecule has 0 aliphatic carbocycles. The van der Waals surface area contributed by atoms with Crippen molar-refractivity contribution in [2.24, 2.45) is 5.92 Å². The molecule has 2 aromatic carbocycles. The number of halogens is 1. The van der Waals surface area contributed by atoms with E-state index in [1.165, 1.54) is 6.07 Å². The largest absolute Gasteiger partial charge is 0.423 e. The number of anilines is 2. The van der Waals surface area contributed by atoms with Crippen LogP contribution < -0.4 is 15.8 Å². The summed E-state index contributed by atoms with van der Waals surface area (Å²) in [6, 6.07) is 15.0. The quantitative estimate of drug-likeness (QED) is 0.704. The Balaban J connectivity index is 1.49. The van der Waals surface area contributed by atoms with Crippen LogP contribution in [-0.4, -0.2) is 18.4 Å². The van der Waals surface area contributed by atoms with Crippen molar-refractivity contribution in [1.29, 1.82) is 0 Å². The summed E-state index contributed by atoms with van der Waals surface area (Å²) in [6.45, 7) is 0.299. The van der Waals surface area contributed by atoms with Crippen molar-refractivity contribution < 1.29 is 14.0 Å². The van der Waals surface area contributed by atoms with Gasteiger partial charge in [-0.15, -0.1) is 0 Å². The number of hydrogen-bond donors (Lipinski definition) is 1. The molecule has 6 nitrogen and oxygen atoms in total. The summed E-state index contributed by atoms with van der Waals surface area (Å²) in [5, 5.41) is 4.07. The predicted octanol–water partition coefficient (Wildman–Crippen LogP) is 3.44. The lowest BCUT2D eigenvalue weighted by Crippen LogP contribution is -2.28. The minimum atomic E-state index is -0.458. The Morgan fingerprint density at radius 1 is 1.11 bits per heavy atom. The van der Waals surface area contributed by atoms with Crippen LogP contribution in [0.3, 0.4) is 0 Å². The molecule has 0 saturated carbocycles. The average molecular weight is 383 g/mol. The fourth-order valence-electron chi connectivity index (χ4n) is 3.17. The highest BCUT2D eigenvalue weighted by atomic mass is 35.5. The Morgan fingerprint density at radius 3 is 2.78 bits per heavy atom. The summed E-state index contributed by atoms with van der Waals surface area (Å²) in [5.41, 5.74) is 1.28. The number of fused-ring (bicyclic) bond motifs is 1. The number of nitrogens with one attached hydrogen (secondary N) is 1. The standard InChI is InChI=1S/C20H15ClN2O4/c21-14-2-1-3-16(10-14)23-11-13(9-18(23)24)20(26)22-15-5-6-17-12(8-15)4-7-19(25)27-17/h1-8,10,13H,9,11H2,(H,22,26)/t13-/m0/s1. The molecule has 7 heteroatoms. The Kier molecular flexibility index (Phi) is 4.41. The molecule has 1 fully saturated rings. The number of amides is 2. The molecule has 3 aromatic rings. The highest BCUT2D eigenvalue weighted by Gasteiger charge is 2.35. The van der Waals surface area contributed by atoms with E-state index in [2.05, 4.69) is 5.32 Å². The van der Waals surface area contributed by atoms with Gasteiger partial charge < -0.3 is 14.6 Å². The number of benzene rings is 2. The minimum absolute atomic E-state index is 0.113. The van der Waals surface area contributed by atoms with E-state index in [1.807, 2.05) is 0 Å². The first kappa shape index (κ1) is 17.3. The fourth-order valence-corrected chi connectivity index (χ4v) is 3.36. The van der Waals surface area contributed by atoms with Gasteiger partial charge in [-0.2, -0.15) is 0 Å². The van der Waals surface area contributed by atoms with Crippen molar-refractivity contribution in [2.45, 2.75) is 6.42 Å². The maximum absolute atomic E-state index is 12.6. The van der Waals surface area contributed by atoms with Gasteiger partial charge in [0.05, 0.1) is 5.92 Å². The maximum atomic E-state index is 12.6. The number of carbonyl (C=O) groups is 2. The van der Waals surface area contributed by atoms with Gasteiger partial charge in [-0.3, -0.25) is 9.59 Å². The number of nitrogens with zero attached hydrogens (tertiary/aromatic N) is 1. The van der Waals surface area contributed by atoms with Crippen LogP contribution in [0.1, 0.15) is 6.42 Å². The molecule has 1 aliphatic heterocycles. The lowest BCUT2D eigenvalue weighted by molar-refractivity contribution is -0.122. The summed E-state index contributed by atoms with van der Waals surface area (Å²) in [5.74, 6) is -0.803. The molecule has 0 spiro atoms. The lowest BCUT2D eigenvalue weighted by atomic mass is 10.1. The molecule has 1 aliphatic rings. The maximum Gasteiger partial charge on any atom is 0.336 e. The van der Waals surface area contributed by atoms with Crippen molar-refractivity contribution in [3.8, 4) is 0 Å². The smallest absolute Gasteiger partial charge is 0.336 e. The van der Waals surface area contributed by atoms with Crippen molar-refractivity contribution in [2.75, 3.05) is 16.8 Å². The van der Waals surface area contributed by atoms with E-state index in [1.54, 1.807) is 53.4 Å². The van der Waals surface area contributed by atoms with Gasteiger partial charge in [0.1, 0.15) is 5.58 Å². The van der Waals surface area contributed by atoms with Crippen LogP contribution in [-0.2, 0) is 9.59 Å². The first-order chi connectivity index (χ1) is 13.0. The molecular formula is C20H15ClN2O4. The monoisotopic (exact) mass is 382 g/mol. The number of rotatable bonds is 3. The summed E-state index contributed by atoms with van der Waals surface area (Å²) in [7, 11) is 0. The molecule has 27 heavy (non-hydrogen) atoms. The van der Waals surface area contributed by atoms with Gasteiger partial charge in [-0.1, -0.05) is 17.7 Å². The molecule has 2 amide bonds. The van der Waals surface area contributed by atoms with E-state index in [4.69, 9.17) is 16.0 Å². The van der Waals surface area contributed by atoms with E-state index in [-0.39, 0.29) is 18.2 Å². The zero-order chi connectivity index (χ0) is 19.0. The van der Waals surface area contributed by atoms with Crippen LogP contribution in [0, 0.1) is 5.92 Å². The fraction of sp³-hybridized carbons (Fsp3) is 0.150. The molecule has 0 radical (unpaired) electrons. The Labute approximate surface area is 159 Å². The van der Waals surface area contributed by atoms with Crippen LogP contribution in [0.2, 0.25) is 5.02 Å². The second-order valence-electron chi connectivity index (χ2n) is 6.38. The molecule has 0 bridgehead atoms. The molecule has 1 aromatic heterocycles. The van der Waals surface area contributed by atoms with Gasteiger partial charge in [0.15, 0.2) is 0 Å². The van der Waals surface area contributed by atoms with Gasteiger partial charge in [0, 0.05) is 40.8 Å². The Hall–Kier alpha value is -3.12. The van der Waals surface area contributed by atoms with E-state index < -0.39 is 11.5 Å². The summed E-state index contributed by atoms with van der Waals surface area (Å²) in [6.07, 6.45) is 0.140. The van der Waals surface area contributed by atoms with Crippen LogP contribution >= 0.6 is 11.6 Å². The highest BCUT2D eigenvalue weighted by molar-refractivity contribution is 6.31. The molecule has 4 rings (SSSR count).